The van der Waals surface area contributed by atoms with Crippen molar-refractivity contribution in [1.82, 2.24) is 0 Å². The molecule has 2 aromatic rings. The summed E-state index contributed by atoms with van der Waals surface area (Å²) in [5.41, 5.74) is 2.76. The lowest BCUT2D eigenvalue weighted by atomic mass is 9.90. The molecule has 1 aliphatic heterocycles. The summed E-state index contributed by atoms with van der Waals surface area (Å²) in [5, 5.41) is 2.97. The first-order valence-corrected chi connectivity index (χ1v) is 10.3. The number of carbonyl (C=O) groups is 2. The third-order valence-electron chi connectivity index (χ3n) is 5.35. The average molecular weight is 385 g/mol. The van der Waals surface area contributed by atoms with Crippen LogP contribution in [0.5, 0.6) is 5.75 Å². The van der Waals surface area contributed by atoms with Gasteiger partial charge in [-0.2, -0.15) is 0 Å². The summed E-state index contributed by atoms with van der Waals surface area (Å²) >= 11 is 1.60. The van der Waals surface area contributed by atoms with E-state index in [0.29, 0.717) is 30.3 Å². The number of aryl methyl sites for hydroxylation is 1. The number of fused-ring (bicyclic) bond motifs is 1. The van der Waals surface area contributed by atoms with Crippen LogP contribution in [0.4, 0.5) is 11.4 Å². The molecule has 27 heavy (non-hydrogen) atoms. The molecule has 6 heteroatoms. The van der Waals surface area contributed by atoms with Crippen LogP contribution in [0, 0.1) is 5.92 Å². The number of carbonyl (C=O) groups excluding carboxylic acids is 2. The third kappa shape index (κ3) is 3.58. The first-order chi connectivity index (χ1) is 13.0. The molecule has 1 fully saturated rings. The zero-order chi connectivity index (χ0) is 19.0. The summed E-state index contributed by atoms with van der Waals surface area (Å²) in [6, 6.07) is 7.50. The van der Waals surface area contributed by atoms with Gasteiger partial charge in [-0.25, -0.2) is 0 Å². The topological polar surface area (TPSA) is 58.6 Å². The lowest BCUT2D eigenvalue weighted by molar-refractivity contribution is -0.117. The van der Waals surface area contributed by atoms with E-state index in [9.17, 15) is 9.59 Å². The highest BCUT2D eigenvalue weighted by Gasteiger charge is 2.25. The van der Waals surface area contributed by atoms with Gasteiger partial charge in [-0.15, -0.1) is 11.3 Å². The molecule has 4 rings (SSSR count). The van der Waals surface area contributed by atoms with E-state index in [1.165, 1.54) is 16.9 Å². The van der Waals surface area contributed by atoms with Crippen LogP contribution < -0.4 is 15.0 Å². The Kier molecular flexibility index (Phi) is 4.91. The number of anilines is 2. The van der Waals surface area contributed by atoms with Crippen LogP contribution >= 0.6 is 11.3 Å². The van der Waals surface area contributed by atoms with Gasteiger partial charge in [0.2, 0.25) is 5.91 Å². The monoisotopic (exact) mass is 384 g/mol. The molecule has 0 bridgehead atoms. The normalized spacial score (nSPS) is 19.1. The number of nitrogens with zero attached hydrogens (tertiary/aromatic N) is 1. The molecule has 1 aliphatic carbocycles. The maximum Gasteiger partial charge on any atom is 0.265 e. The second kappa shape index (κ2) is 7.35. The second-order valence-corrected chi connectivity index (χ2v) is 8.53. The summed E-state index contributed by atoms with van der Waals surface area (Å²) in [4.78, 5) is 28.6. The van der Waals surface area contributed by atoms with Crippen LogP contribution in [0.2, 0.25) is 0 Å². The van der Waals surface area contributed by atoms with Gasteiger partial charge in [0, 0.05) is 29.6 Å². The molecular weight excluding hydrogens is 360 g/mol. The van der Waals surface area contributed by atoms with Gasteiger partial charge in [0.15, 0.2) is 0 Å². The number of hydrogen-bond donors (Lipinski definition) is 1. The predicted molar refractivity (Wildman–Crippen MR) is 108 cm³/mol. The Morgan fingerprint density at radius 1 is 1.30 bits per heavy atom. The third-order valence-corrected chi connectivity index (χ3v) is 6.59. The van der Waals surface area contributed by atoms with Crippen LogP contribution in [0.25, 0.3) is 0 Å². The number of ether oxygens (including phenoxy) is 1. The molecule has 1 aromatic heterocycles. The molecule has 5 nitrogen and oxygen atoms in total. The average Bonchev–Trinajstić information content (AvgIpc) is 3.27. The van der Waals surface area contributed by atoms with Crippen LogP contribution in [0.3, 0.4) is 0 Å². The molecule has 1 saturated heterocycles. The molecule has 0 spiro atoms. The SMILES string of the molecule is COc1cc(NC(=O)c2cc3c(s2)CC[C@H](C)C3)ccc1N1CCCC1=O. The van der Waals surface area contributed by atoms with Gasteiger partial charge in [0.1, 0.15) is 5.75 Å². The van der Waals surface area contributed by atoms with Gasteiger partial charge >= 0.3 is 0 Å². The molecule has 2 amide bonds. The first kappa shape index (κ1) is 18.0. The van der Waals surface area contributed by atoms with Crippen LogP contribution in [0.1, 0.15) is 46.3 Å². The van der Waals surface area contributed by atoms with Crippen LogP contribution in [-0.2, 0) is 17.6 Å². The van der Waals surface area contributed by atoms with Crippen molar-refractivity contribution in [1.29, 1.82) is 0 Å². The highest BCUT2D eigenvalue weighted by molar-refractivity contribution is 7.14. The Morgan fingerprint density at radius 2 is 2.15 bits per heavy atom. The fourth-order valence-electron chi connectivity index (χ4n) is 3.89. The van der Waals surface area contributed by atoms with E-state index in [-0.39, 0.29) is 11.8 Å². The van der Waals surface area contributed by atoms with Crippen LogP contribution in [-0.4, -0.2) is 25.5 Å². The van der Waals surface area contributed by atoms with E-state index in [1.807, 2.05) is 18.2 Å². The molecule has 1 N–H and O–H groups in total. The summed E-state index contributed by atoms with van der Waals surface area (Å²) in [5.74, 6) is 1.31. The fourth-order valence-corrected chi connectivity index (χ4v) is 5.00. The Hall–Kier alpha value is -2.34. The smallest absolute Gasteiger partial charge is 0.265 e. The Bertz CT molecular complexity index is 890. The standard InChI is InChI=1S/C21H24N2O3S/c1-13-5-8-18-14(10-13)11-19(27-18)21(25)22-15-6-7-16(17(12-15)26-2)23-9-3-4-20(23)24/h6-7,11-13H,3-5,8-10H2,1-2H3,(H,22,25)/t13-/m0/s1. The number of benzene rings is 1. The van der Waals surface area contributed by atoms with Crippen molar-refractivity contribution in [3.63, 3.8) is 0 Å². The number of nitrogens with one attached hydrogen (secondary N) is 1. The molecule has 0 saturated carbocycles. The lowest BCUT2D eigenvalue weighted by Crippen LogP contribution is -2.24. The number of thiophene rings is 1. The largest absolute Gasteiger partial charge is 0.494 e. The lowest BCUT2D eigenvalue weighted by Gasteiger charge is -2.19. The highest BCUT2D eigenvalue weighted by Crippen LogP contribution is 2.35. The van der Waals surface area contributed by atoms with Gasteiger partial charge in [-0.1, -0.05) is 6.92 Å². The van der Waals surface area contributed by atoms with E-state index >= 15 is 0 Å². The van der Waals surface area contributed by atoms with Gasteiger partial charge in [-0.3, -0.25) is 9.59 Å². The van der Waals surface area contributed by atoms with Gasteiger partial charge in [0.05, 0.1) is 17.7 Å². The molecule has 142 valence electrons. The van der Waals surface area contributed by atoms with E-state index in [2.05, 4.69) is 12.2 Å². The molecule has 1 aromatic carbocycles. The fraction of sp³-hybridized carbons (Fsp3) is 0.429. The minimum Gasteiger partial charge on any atom is -0.494 e. The zero-order valence-electron chi connectivity index (χ0n) is 15.7. The van der Waals surface area contributed by atoms with Crippen molar-refractivity contribution in [2.75, 3.05) is 23.9 Å². The summed E-state index contributed by atoms with van der Waals surface area (Å²) in [6.45, 7) is 2.97. The Labute approximate surface area is 163 Å². The Morgan fingerprint density at radius 3 is 2.89 bits per heavy atom. The van der Waals surface area contributed by atoms with Crippen molar-refractivity contribution in [3.05, 3.63) is 39.6 Å². The minimum absolute atomic E-state index is 0.0888. The predicted octanol–water partition coefficient (Wildman–Crippen LogP) is 4.26. The molecule has 2 heterocycles. The number of hydrogen-bond acceptors (Lipinski definition) is 4. The van der Waals surface area contributed by atoms with E-state index < -0.39 is 0 Å². The quantitative estimate of drug-likeness (QED) is 0.857. The molecule has 0 radical (unpaired) electrons. The van der Waals surface area contributed by atoms with Gasteiger partial charge < -0.3 is 15.0 Å². The molecule has 0 unspecified atom stereocenters. The Balaban J connectivity index is 1.52. The second-order valence-electron chi connectivity index (χ2n) is 7.40. The summed E-state index contributed by atoms with van der Waals surface area (Å²) in [7, 11) is 1.58. The van der Waals surface area contributed by atoms with Crippen molar-refractivity contribution >= 4 is 34.5 Å². The van der Waals surface area contributed by atoms with E-state index in [0.717, 1.165) is 29.8 Å². The summed E-state index contributed by atoms with van der Waals surface area (Å²) in [6.07, 6.45) is 4.76. The molecule has 2 aliphatic rings. The summed E-state index contributed by atoms with van der Waals surface area (Å²) < 4.78 is 5.47. The number of methoxy groups -OCH3 is 1. The van der Waals surface area contributed by atoms with Gasteiger partial charge in [0.25, 0.3) is 5.91 Å². The van der Waals surface area contributed by atoms with Crippen molar-refractivity contribution in [2.24, 2.45) is 5.92 Å². The zero-order valence-corrected chi connectivity index (χ0v) is 16.5. The maximum atomic E-state index is 12.7. The van der Waals surface area contributed by atoms with Crippen molar-refractivity contribution < 1.29 is 14.3 Å². The minimum atomic E-state index is -0.0888. The number of amides is 2. The molecular formula is C21H24N2O3S. The van der Waals surface area contributed by atoms with E-state index in [1.54, 1.807) is 29.4 Å². The highest BCUT2D eigenvalue weighted by atomic mass is 32.1. The van der Waals surface area contributed by atoms with Gasteiger partial charge in [-0.05, 0) is 55.4 Å². The number of rotatable bonds is 4. The van der Waals surface area contributed by atoms with Crippen LogP contribution in [0.15, 0.2) is 24.3 Å². The first-order valence-electron chi connectivity index (χ1n) is 9.46. The van der Waals surface area contributed by atoms with Crippen molar-refractivity contribution in [3.8, 4) is 5.75 Å². The maximum absolute atomic E-state index is 12.7. The van der Waals surface area contributed by atoms with E-state index in [4.69, 9.17) is 4.74 Å². The molecule has 1 atom stereocenters. The van der Waals surface area contributed by atoms with Crippen molar-refractivity contribution in [2.45, 2.75) is 39.0 Å².